The van der Waals surface area contributed by atoms with Crippen molar-refractivity contribution < 1.29 is 0 Å². The quantitative estimate of drug-likeness (QED) is 0.773. The van der Waals surface area contributed by atoms with E-state index in [0.717, 1.165) is 0 Å². The Labute approximate surface area is 129 Å². The van der Waals surface area contributed by atoms with Crippen LogP contribution in [0.5, 0.6) is 0 Å². The summed E-state index contributed by atoms with van der Waals surface area (Å²) < 4.78 is 0. The molecule has 102 valence electrons. The second kappa shape index (κ2) is 6.71. The summed E-state index contributed by atoms with van der Waals surface area (Å²) in [6, 6.07) is 4.51. The number of likely N-dealkylation sites (tertiary alicyclic amines) is 1. The van der Waals surface area contributed by atoms with Crippen LogP contribution in [0.15, 0.2) is 39.2 Å². The average molecular weight is 312 g/mol. The maximum absolute atomic E-state index is 2.42. The van der Waals surface area contributed by atoms with Crippen LogP contribution in [0.2, 0.25) is 0 Å². The van der Waals surface area contributed by atoms with Gasteiger partial charge in [-0.05, 0) is 70.2 Å². The Balaban J connectivity index is 0.00000133. The largest absolute Gasteiger partial charge is 0.306 e. The van der Waals surface area contributed by atoms with Crippen LogP contribution < -0.4 is 0 Å². The minimum Gasteiger partial charge on any atom is -0.306 e. The second-order valence-electron chi connectivity index (χ2n) is 4.81. The summed E-state index contributed by atoms with van der Waals surface area (Å²) in [5, 5.41) is 8.91. The SMILES string of the molecule is CN1CCC(=C(c2ccsc2)c2ccsc2)CC1.Cl. The van der Waals surface area contributed by atoms with E-state index in [-0.39, 0.29) is 12.4 Å². The van der Waals surface area contributed by atoms with Gasteiger partial charge in [0.05, 0.1) is 0 Å². The minimum atomic E-state index is 0. The molecular formula is C15H18ClNS2. The van der Waals surface area contributed by atoms with Gasteiger partial charge in [0.15, 0.2) is 0 Å². The second-order valence-corrected chi connectivity index (χ2v) is 6.37. The van der Waals surface area contributed by atoms with E-state index in [0.29, 0.717) is 0 Å². The molecule has 0 amide bonds. The van der Waals surface area contributed by atoms with Crippen LogP contribution in [0.3, 0.4) is 0 Å². The summed E-state index contributed by atoms with van der Waals surface area (Å²) in [4.78, 5) is 2.42. The molecule has 0 saturated carbocycles. The lowest BCUT2D eigenvalue weighted by atomic mass is 9.91. The summed E-state index contributed by atoms with van der Waals surface area (Å²) in [6.45, 7) is 2.38. The van der Waals surface area contributed by atoms with E-state index in [1.807, 2.05) is 0 Å². The molecule has 0 unspecified atom stereocenters. The van der Waals surface area contributed by atoms with E-state index < -0.39 is 0 Å². The highest BCUT2D eigenvalue weighted by Crippen LogP contribution is 2.34. The van der Waals surface area contributed by atoms with Crippen molar-refractivity contribution in [1.29, 1.82) is 0 Å². The molecule has 0 spiro atoms. The van der Waals surface area contributed by atoms with E-state index in [2.05, 4.69) is 45.6 Å². The van der Waals surface area contributed by atoms with Crippen LogP contribution in [-0.4, -0.2) is 25.0 Å². The van der Waals surface area contributed by atoms with Gasteiger partial charge in [-0.1, -0.05) is 5.57 Å². The lowest BCUT2D eigenvalue weighted by Gasteiger charge is -2.26. The Morgan fingerprint density at radius 3 is 1.95 bits per heavy atom. The predicted octanol–water partition coefficient (Wildman–Crippen LogP) is 4.76. The molecule has 1 nitrogen and oxygen atoms in total. The first-order chi connectivity index (χ1) is 8.84. The standard InChI is InChI=1S/C15H17NS2.ClH/c1-16-6-2-12(3-7-16)15(13-4-8-17-10-13)14-5-9-18-11-14;/h4-5,8-11H,2-3,6-7H2,1H3;1H. The van der Waals surface area contributed by atoms with Crippen LogP contribution in [0.4, 0.5) is 0 Å². The Morgan fingerprint density at radius 2 is 1.53 bits per heavy atom. The van der Waals surface area contributed by atoms with Crippen LogP contribution in [-0.2, 0) is 0 Å². The first kappa shape index (κ1) is 14.8. The summed E-state index contributed by atoms with van der Waals surface area (Å²) in [6.07, 6.45) is 2.41. The van der Waals surface area contributed by atoms with Crippen LogP contribution in [0, 0.1) is 0 Å². The van der Waals surface area contributed by atoms with Crippen molar-refractivity contribution in [3.05, 3.63) is 50.4 Å². The monoisotopic (exact) mass is 311 g/mol. The first-order valence-corrected chi connectivity index (χ1v) is 8.19. The van der Waals surface area contributed by atoms with Crippen molar-refractivity contribution in [1.82, 2.24) is 4.90 Å². The maximum atomic E-state index is 2.42. The highest BCUT2D eigenvalue weighted by atomic mass is 35.5. The molecule has 0 atom stereocenters. The number of hydrogen-bond donors (Lipinski definition) is 0. The van der Waals surface area contributed by atoms with Gasteiger partial charge in [-0.15, -0.1) is 12.4 Å². The number of piperidine rings is 1. The molecule has 2 aromatic heterocycles. The van der Waals surface area contributed by atoms with E-state index in [1.165, 1.54) is 42.6 Å². The fraction of sp³-hybridized carbons (Fsp3) is 0.333. The Hall–Kier alpha value is -0.610. The Bertz CT molecular complexity index is 482. The molecule has 0 radical (unpaired) electrons. The first-order valence-electron chi connectivity index (χ1n) is 6.30. The normalized spacial score (nSPS) is 16.2. The van der Waals surface area contributed by atoms with E-state index in [1.54, 1.807) is 28.2 Å². The van der Waals surface area contributed by atoms with Crippen molar-refractivity contribution in [2.45, 2.75) is 12.8 Å². The molecule has 1 aliphatic rings. The van der Waals surface area contributed by atoms with Crippen LogP contribution in [0.25, 0.3) is 5.57 Å². The van der Waals surface area contributed by atoms with Gasteiger partial charge in [0.25, 0.3) is 0 Å². The molecule has 0 aromatic carbocycles. The van der Waals surface area contributed by atoms with Gasteiger partial charge in [0.1, 0.15) is 0 Å². The molecule has 0 aliphatic carbocycles. The smallest absolute Gasteiger partial charge is 0.00160 e. The minimum absolute atomic E-state index is 0. The summed E-state index contributed by atoms with van der Waals surface area (Å²) in [7, 11) is 2.21. The van der Waals surface area contributed by atoms with Gasteiger partial charge in [-0.3, -0.25) is 0 Å². The predicted molar refractivity (Wildman–Crippen MR) is 88.6 cm³/mol. The molecule has 2 aromatic rings. The van der Waals surface area contributed by atoms with E-state index >= 15 is 0 Å². The fourth-order valence-electron chi connectivity index (χ4n) is 2.53. The zero-order valence-corrected chi connectivity index (χ0v) is 13.4. The van der Waals surface area contributed by atoms with Gasteiger partial charge in [0, 0.05) is 13.1 Å². The molecule has 4 heteroatoms. The van der Waals surface area contributed by atoms with Crippen molar-refractivity contribution in [2.75, 3.05) is 20.1 Å². The summed E-state index contributed by atoms with van der Waals surface area (Å²) >= 11 is 3.58. The fourth-order valence-corrected chi connectivity index (χ4v) is 3.82. The third-order valence-electron chi connectivity index (χ3n) is 3.56. The summed E-state index contributed by atoms with van der Waals surface area (Å²) in [5.41, 5.74) is 5.92. The van der Waals surface area contributed by atoms with E-state index in [4.69, 9.17) is 0 Å². The van der Waals surface area contributed by atoms with Crippen LogP contribution >= 0.6 is 35.1 Å². The molecule has 1 aliphatic heterocycles. The summed E-state index contributed by atoms with van der Waals surface area (Å²) in [5.74, 6) is 0. The molecule has 1 saturated heterocycles. The van der Waals surface area contributed by atoms with E-state index in [9.17, 15) is 0 Å². The van der Waals surface area contributed by atoms with Crippen molar-refractivity contribution in [3.63, 3.8) is 0 Å². The zero-order chi connectivity index (χ0) is 12.4. The molecule has 3 heterocycles. The molecule has 0 N–H and O–H groups in total. The lowest BCUT2D eigenvalue weighted by molar-refractivity contribution is 0.313. The van der Waals surface area contributed by atoms with Crippen LogP contribution in [0.1, 0.15) is 24.0 Å². The number of thiophene rings is 2. The molecule has 3 rings (SSSR count). The lowest BCUT2D eigenvalue weighted by Crippen LogP contribution is -2.26. The Kier molecular flexibility index (Phi) is 5.22. The topological polar surface area (TPSA) is 3.24 Å². The number of hydrogen-bond acceptors (Lipinski definition) is 3. The highest BCUT2D eigenvalue weighted by Gasteiger charge is 2.17. The Morgan fingerprint density at radius 1 is 1.00 bits per heavy atom. The number of halogens is 1. The third kappa shape index (κ3) is 3.29. The average Bonchev–Trinajstić information content (AvgIpc) is 3.06. The molecule has 1 fully saturated rings. The van der Waals surface area contributed by atoms with Crippen molar-refractivity contribution in [2.24, 2.45) is 0 Å². The molecule has 19 heavy (non-hydrogen) atoms. The number of nitrogens with zero attached hydrogens (tertiary/aromatic N) is 1. The number of rotatable bonds is 2. The highest BCUT2D eigenvalue weighted by molar-refractivity contribution is 7.08. The maximum Gasteiger partial charge on any atom is 0.00160 e. The molecular weight excluding hydrogens is 294 g/mol. The van der Waals surface area contributed by atoms with Crippen molar-refractivity contribution >= 4 is 40.7 Å². The van der Waals surface area contributed by atoms with Gasteiger partial charge in [0.2, 0.25) is 0 Å². The third-order valence-corrected chi connectivity index (χ3v) is 4.93. The van der Waals surface area contributed by atoms with Crippen molar-refractivity contribution in [3.8, 4) is 0 Å². The van der Waals surface area contributed by atoms with Gasteiger partial charge in [-0.2, -0.15) is 22.7 Å². The van der Waals surface area contributed by atoms with Gasteiger partial charge >= 0.3 is 0 Å². The van der Waals surface area contributed by atoms with Gasteiger partial charge < -0.3 is 4.90 Å². The molecule has 0 bridgehead atoms. The van der Waals surface area contributed by atoms with Gasteiger partial charge in [-0.25, -0.2) is 0 Å². The zero-order valence-electron chi connectivity index (χ0n) is 11.0.